The van der Waals surface area contributed by atoms with E-state index in [-0.39, 0.29) is 17.7 Å². The van der Waals surface area contributed by atoms with Crippen molar-refractivity contribution >= 4 is 17.5 Å². The first-order valence-electron chi connectivity index (χ1n) is 10.5. The zero-order valence-electron chi connectivity index (χ0n) is 17.2. The number of unbranched alkanes of at least 4 members (excludes halogenated alkanes) is 1. The predicted molar refractivity (Wildman–Crippen MR) is 117 cm³/mol. The van der Waals surface area contributed by atoms with E-state index in [0.29, 0.717) is 31.6 Å². The van der Waals surface area contributed by atoms with Crippen molar-refractivity contribution in [3.05, 3.63) is 66.2 Å². The van der Waals surface area contributed by atoms with Gasteiger partial charge in [-0.1, -0.05) is 49.7 Å². The summed E-state index contributed by atoms with van der Waals surface area (Å²) in [6.45, 7) is 3.97. The van der Waals surface area contributed by atoms with E-state index in [1.54, 1.807) is 12.1 Å². The SMILES string of the molecule is CCCCOCCC(CCCNC(=O)c1ccccc1)C(=O)Nc1ccccc1. The van der Waals surface area contributed by atoms with Crippen LogP contribution in [0, 0.1) is 5.92 Å². The molecule has 0 radical (unpaired) electrons. The lowest BCUT2D eigenvalue weighted by atomic mass is 9.98. The Hall–Kier alpha value is -2.66. The number of para-hydroxylation sites is 1. The smallest absolute Gasteiger partial charge is 0.251 e. The largest absolute Gasteiger partial charge is 0.381 e. The second kappa shape index (κ2) is 13.5. The molecule has 0 aliphatic carbocycles. The minimum absolute atomic E-state index is 0.00433. The lowest BCUT2D eigenvalue weighted by molar-refractivity contribution is -0.120. The van der Waals surface area contributed by atoms with Gasteiger partial charge in [-0.25, -0.2) is 0 Å². The Balaban J connectivity index is 1.80. The van der Waals surface area contributed by atoms with Gasteiger partial charge in [0.15, 0.2) is 0 Å². The van der Waals surface area contributed by atoms with E-state index in [4.69, 9.17) is 4.74 Å². The van der Waals surface area contributed by atoms with Crippen LogP contribution in [0.2, 0.25) is 0 Å². The van der Waals surface area contributed by atoms with Crippen molar-refractivity contribution < 1.29 is 14.3 Å². The maximum absolute atomic E-state index is 12.7. The number of anilines is 1. The van der Waals surface area contributed by atoms with E-state index >= 15 is 0 Å². The Kier molecular flexibility index (Phi) is 10.5. The Bertz CT molecular complexity index is 719. The average Bonchev–Trinajstić information content (AvgIpc) is 2.76. The quantitative estimate of drug-likeness (QED) is 0.484. The molecule has 0 aliphatic rings. The van der Waals surface area contributed by atoms with Crippen LogP contribution >= 0.6 is 0 Å². The summed E-state index contributed by atoms with van der Waals surface area (Å²) >= 11 is 0. The zero-order chi connectivity index (χ0) is 20.7. The number of carbonyl (C=O) groups excluding carboxylic acids is 2. The van der Waals surface area contributed by atoms with E-state index in [1.807, 2.05) is 48.5 Å². The second-order valence-electron chi connectivity index (χ2n) is 7.07. The molecule has 0 bridgehead atoms. The fourth-order valence-corrected chi connectivity index (χ4v) is 2.99. The highest BCUT2D eigenvalue weighted by atomic mass is 16.5. The molecule has 5 heteroatoms. The van der Waals surface area contributed by atoms with Gasteiger partial charge in [-0.3, -0.25) is 9.59 Å². The minimum Gasteiger partial charge on any atom is -0.381 e. The lowest BCUT2D eigenvalue weighted by Gasteiger charge is -2.17. The fraction of sp³-hybridized carbons (Fsp3) is 0.417. The van der Waals surface area contributed by atoms with Gasteiger partial charge in [-0.2, -0.15) is 0 Å². The molecular formula is C24H32N2O3. The van der Waals surface area contributed by atoms with E-state index in [0.717, 1.165) is 31.6 Å². The second-order valence-corrected chi connectivity index (χ2v) is 7.07. The molecule has 0 saturated carbocycles. The number of ether oxygens (including phenoxy) is 1. The van der Waals surface area contributed by atoms with Crippen molar-refractivity contribution in [1.82, 2.24) is 5.32 Å². The summed E-state index contributed by atoms with van der Waals surface area (Å²) in [6.07, 6.45) is 4.24. The number of carbonyl (C=O) groups is 2. The van der Waals surface area contributed by atoms with Crippen LogP contribution in [-0.2, 0) is 9.53 Å². The summed E-state index contributed by atoms with van der Waals surface area (Å²) in [4.78, 5) is 24.9. The molecule has 0 heterocycles. The molecule has 2 rings (SSSR count). The van der Waals surface area contributed by atoms with Gasteiger partial charge in [0.05, 0.1) is 0 Å². The van der Waals surface area contributed by atoms with Crippen molar-refractivity contribution in [2.75, 3.05) is 25.1 Å². The van der Waals surface area contributed by atoms with Crippen LogP contribution in [0.5, 0.6) is 0 Å². The number of rotatable bonds is 13. The summed E-state index contributed by atoms with van der Waals surface area (Å²) in [5.74, 6) is -0.228. The van der Waals surface area contributed by atoms with Gasteiger partial charge in [0, 0.05) is 36.9 Å². The normalized spacial score (nSPS) is 11.6. The molecule has 2 aromatic rings. The molecular weight excluding hydrogens is 364 g/mol. The van der Waals surface area contributed by atoms with E-state index in [9.17, 15) is 9.59 Å². The van der Waals surface area contributed by atoms with Crippen LogP contribution in [0.3, 0.4) is 0 Å². The average molecular weight is 397 g/mol. The maximum atomic E-state index is 12.7. The van der Waals surface area contributed by atoms with E-state index in [1.165, 1.54) is 0 Å². The summed E-state index contributed by atoms with van der Waals surface area (Å²) in [6, 6.07) is 18.6. The van der Waals surface area contributed by atoms with Crippen molar-refractivity contribution in [2.24, 2.45) is 5.92 Å². The summed E-state index contributed by atoms with van der Waals surface area (Å²) in [5, 5.41) is 5.91. The third-order valence-electron chi connectivity index (χ3n) is 4.72. The van der Waals surface area contributed by atoms with Gasteiger partial charge in [0.1, 0.15) is 0 Å². The van der Waals surface area contributed by atoms with Crippen LogP contribution in [-0.4, -0.2) is 31.6 Å². The number of hydrogen-bond acceptors (Lipinski definition) is 3. The van der Waals surface area contributed by atoms with Gasteiger partial charge < -0.3 is 15.4 Å². The topological polar surface area (TPSA) is 67.4 Å². The summed E-state index contributed by atoms with van der Waals surface area (Å²) in [5.41, 5.74) is 1.45. The molecule has 0 saturated heterocycles. The molecule has 0 fully saturated rings. The van der Waals surface area contributed by atoms with Gasteiger partial charge in [-0.05, 0) is 49.9 Å². The van der Waals surface area contributed by atoms with Crippen molar-refractivity contribution in [2.45, 2.75) is 39.0 Å². The first-order chi connectivity index (χ1) is 14.2. The highest BCUT2D eigenvalue weighted by Gasteiger charge is 2.18. The highest BCUT2D eigenvalue weighted by Crippen LogP contribution is 2.16. The van der Waals surface area contributed by atoms with Crippen molar-refractivity contribution in [1.29, 1.82) is 0 Å². The molecule has 1 unspecified atom stereocenters. The Morgan fingerprint density at radius 2 is 1.59 bits per heavy atom. The third-order valence-corrected chi connectivity index (χ3v) is 4.72. The molecule has 29 heavy (non-hydrogen) atoms. The first kappa shape index (κ1) is 22.6. The Morgan fingerprint density at radius 1 is 0.897 bits per heavy atom. The monoisotopic (exact) mass is 396 g/mol. The van der Waals surface area contributed by atoms with Crippen LogP contribution in [0.25, 0.3) is 0 Å². The predicted octanol–water partition coefficient (Wildman–Crippen LogP) is 4.66. The first-order valence-corrected chi connectivity index (χ1v) is 10.5. The number of amides is 2. The molecule has 2 amide bonds. The van der Waals surface area contributed by atoms with Gasteiger partial charge in [0.2, 0.25) is 5.91 Å². The summed E-state index contributed by atoms with van der Waals surface area (Å²) < 4.78 is 5.66. The minimum atomic E-state index is -0.148. The third kappa shape index (κ3) is 8.92. The number of nitrogens with one attached hydrogen (secondary N) is 2. The Labute approximate surface area is 173 Å². The van der Waals surface area contributed by atoms with Crippen molar-refractivity contribution in [3.8, 4) is 0 Å². The highest BCUT2D eigenvalue weighted by molar-refractivity contribution is 5.94. The molecule has 2 N–H and O–H groups in total. The number of hydrogen-bond donors (Lipinski definition) is 2. The molecule has 2 aromatic carbocycles. The molecule has 0 aliphatic heterocycles. The van der Waals surface area contributed by atoms with Crippen LogP contribution < -0.4 is 10.6 Å². The lowest BCUT2D eigenvalue weighted by Crippen LogP contribution is -2.27. The maximum Gasteiger partial charge on any atom is 0.251 e. The summed E-state index contributed by atoms with van der Waals surface area (Å²) in [7, 11) is 0. The molecule has 0 aromatic heterocycles. The van der Waals surface area contributed by atoms with Crippen LogP contribution in [0.4, 0.5) is 5.69 Å². The molecule has 0 spiro atoms. The van der Waals surface area contributed by atoms with E-state index in [2.05, 4.69) is 17.6 Å². The molecule has 1 atom stereocenters. The molecule has 156 valence electrons. The van der Waals surface area contributed by atoms with Crippen LogP contribution in [0.1, 0.15) is 49.4 Å². The standard InChI is InChI=1S/C24H32N2O3/c1-2-3-18-29-19-16-21(24(28)26-22-14-8-5-9-15-22)13-10-17-25-23(27)20-11-6-4-7-12-20/h4-9,11-12,14-15,21H,2-3,10,13,16-19H2,1H3,(H,25,27)(H,26,28). The van der Waals surface area contributed by atoms with E-state index < -0.39 is 0 Å². The van der Waals surface area contributed by atoms with Gasteiger partial charge in [-0.15, -0.1) is 0 Å². The Morgan fingerprint density at radius 3 is 2.28 bits per heavy atom. The fourth-order valence-electron chi connectivity index (χ4n) is 2.99. The van der Waals surface area contributed by atoms with Crippen molar-refractivity contribution in [3.63, 3.8) is 0 Å². The molecule has 5 nitrogen and oxygen atoms in total. The zero-order valence-corrected chi connectivity index (χ0v) is 17.2. The van der Waals surface area contributed by atoms with Gasteiger partial charge in [0.25, 0.3) is 5.91 Å². The van der Waals surface area contributed by atoms with Crippen LogP contribution in [0.15, 0.2) is 60.7 Å². The van der Waals surface area contributed by atoms with Gasteiger partial charge >= 0.3 is 0 Å². The number of benzene rings is 2.